The van der Waals surface area contributed by atoms with Gasteiger partial charge in [0.1, 0.15) is 0 Å². The first-order valence-electron chi connectivity index (χ1n) is 4.48. The minimum absolute atomic E-state index is 0.769. The molecule has 0 saturated heterocycles. The second-order valence-electron chi connectivity index (χ2n) is 2.97. The van der Waals surface area contributed by atoms with E-state index in [0.29, 0.717) is 0 Å². The molecule has 2 rings (SSSR count). The zero-order valence-electron chi connectivity index (χ0n) is 7.85. The number of aromatic nitrogens is 3. The van der Waals surface area contributed by atoms with Crippen LogP contribution in [0, 0.1) is 0 Å². The van der Waals surface area contributed by atoms with Crippen LogP contribution in [0.3, 0.4) is 0 Å². The van der Waals surface area contributed by atoms with E-state index in [1.165, 1.54) is 17.1 Å². The fourth-order valence-corrected chi connectivity index (χ4v) is 2.04. The molecule has 4 nitrogen and oxygen atoms in total. The van der Waals surface area contributed by atoms with Gasteiger partial charge in [-0.25, -0.2) is 0 Å². The molecule has 1 heterocycles. The van der Waals surface area contributed by atoms with Crippen LogP contribution in [0.1, 0.15) is 5.56 Å². The molecular formula is C9H9BrN4S. The molecule has 0 aliphatic carbocycles. The summed E-state index contributed by atoms with van der Waals surface area (Å²) in [6.07, 6.45) is 0.957. The third kappa shape index (κ3) is 3.24. The summed E-state index contributed by atoms with van der Waals surface area (Å²) in [5, 5.41) is 11.2. The van der Waals surface area contributed by atoms with Gasteiger partial charge >= 0.3 is 0 Å². The first kappa shape index (κ1) is 10.5. The number of hydrogen-bond donors (Lipinski definition) is 1. The van der Waals surface area contributed by atoms with Crippen molar-refractivity contribution < 1.29 is 0 Å². The summed E-state index contributed by atoms with van der Waals surface area (Å²) in [6, 6.07) is 8.27. The van der Waals surface area contributed by atoms with E-state index in [-0.39, 0.29) is 0 Å². The summed E-state index contributed by atoms with van der Waals surface area (Å²) >= 11 is 4.71. The van der Waals surface area contributed by atoms with Gasteiger partial charge in [-0.05, 0) is 29.3 Å². The molecule has 0 radical (unpaired) electrons. The van der Waals surface area contributed by atoms with Crippen molar-refractivity contribution in [3.63, 3.8) is 0 Å². The number of nitrogens with one attached hydrogen (secondary N) is 1. The Balaban J connectivity index is 1.83. The van der Waals surface area contributed by atoms with Crippen molar-refractivity contribution in [3.8, 4) is 0 Å². The smallest absolute Gasteiger partial charge is 0.225 e. The first-order chi connectivity index (χ1) is 7.34. The third-order valence-corrected chi connectivity index (χ3v) is 2.93. The molecule has 1 aromatic carbocycles. The van der Waals surface area contributed by atoms with Crippen molar-refractivity contribution >= 4 is 32.6 Å². The van der Waals surface area contributed by atoms with Crippen LogP contribution < -0.4 is 5.32 Å². The van der Waals surface area contributed by atoms with Crippen LogP contribution in [-0.2, 0) is 6.42 Å². The van der Waals surface area contributed by atoms with Crippen LogP contribution in [-0.4, -0.2) is 21.3 Å². The van der Waals surface area contributed by atoms with Crippen LogP contribution in [0.4, 0.5) is 5.13 Å². The highest BCUT2D eigenvalue weighted by atomic mass is 79.9. The molecule has 0 atom stereocenters. The molecule has 6 heteroatoms. The predicted octanol–water partition coefficient (Wildman–Crippen LogP) is 2.35. The summed E-state index contributed by atoms with van der Waals surface area (Å²) in [5.74, 6) is 0. The normalized spacial score (nSPS) is 10.2. The van der Waals surface area contributed by atoms with Gasteiger partial charge in [0, 0.05) is 22.5 Å². The van der Waals surface area contributed by atoms with Crippen molar-refractivity contribution in [2.45, 2.75) is 6.42 Å². The highest BCUT2D eigenvalue weighted by molar-refractivity contribution is 9.10. The van der Waals surface area contributed by atoms with Gasteiger partial charge in [-0.2, -0.15) is 0 Å². The lowest BCUT2D eigenvalue weighted by Gasteiger charge is -2.02. The van der Waals surface area contributed by atoms with Crippen molar-refractivity contribution in [1.82, 2.24) is 14.8 Å². The number of benzene rings is 1. The van der Waals surface area contributed by atoms with E-state index in [1.54, 1.807) is 0 Å². The molecule has 0 bridgehead atoms. The summed E-state index contributed by atoms with van der Waals surface area (Å²) in [5.41, 5.74) is 1.29. The fourth-order valence-electron chi connectivity index (χ4n) is 1.21. The Morgan fingerprint density at radius 3 is 3.07 bits per heavy atom. The zero-order valence-corrected chi connectivity index (χ0v) is 10.3. The molecule has 2 aromatic rings. The number of anilines is 1. The number of halogens is 1. The van der Waals surface area contributed by atoms with E-state index in [0.717, 1.165) is 22.6 Å². The van der Waals surface area contributed by atoms with E-state index < -0.39 is 0 Å². The Bertz CT molecular complexity index is 418. The van der Waals surface area contributed by atoms with Gasteiger partial charge in [-0.15, -0.1) is 0 Å². The van der Waals surface area contributed by atoms with Crippen LogP contribution in [0.15, 0.2) is 28.7 Å². The summed E-state index contributed by atoms with van der Waals surface area (Å²) in [4.78, 5) is 0. The molecule has 0 saturated carbocycles. The molecule has 15 heavy (non-hydrogen) atoms. The Hall–Kier alpha value is -1.01. The van der Waals surface area contributed by atoms with Gasteiger partial charge in [-0.1, -0.05) is 37.6 Å². The van der Waals surface area contributed by atoms with E-state index in [1.807, 2.05) is 12.1 Å². The Morgan fingerprint density at radius 2 is 2.33 bits per heavy atom. The van der Waals surface area contributed by atoms with Crippen LogP contribution in [0.5, 0.6) is 0 Å². The van der Waals surface area contributed by atoms with E-state index in [9.17, 15) is 0 Å². The molecule has 0 aliphatic rings. The molecule has 1 N–H and O–H groups in total. The van der Waals surface area contributed by atoms with E-state index in [4.69, 9.17) is 0 Å². The minimum Gasteiger partial charge on any atom is -0.359 e. The van der Waals surface area contributed by atoms with Crippen molar-refractivity contribution in [2.24, 2.45) is 0 Å². The van der Waals surface area contributed by atoms with Gasteiger partial charge in [0.2, 0.25) is 5.13 Å². The Labute approximate surface area is 100 Å². The number of hydrogen-bond acceptors (Lipinski definition) is 5. The first-order valence-corrected chi connectivity index (χ1v) is 6.04. The van der Waals surface area contributed by atoms with Crippen LogP contribution in [0.25, 0.3) is 0 Å². The number of rotatable bonds is 4. The topological polar surface area (TPSA) is 50.7 Å². The Kier molecular flexibility index (Phi) is 3.63. The van der Waals surface area contributed by atoms with Gasteiger partial charge in [0.05, 0.1) is 0 Å². The van der Waals surface area contributed by atoms with Gasteiger partial charge in [0.25, 0.3) is 0 Å². The monoisotopic (exact) mass is 284 g/mol. The van der Waals surface area contributed by atoms with E-state index in [2.05, 4.69) is 48.2 Å². The minimum atomic E-state index is 0.769. The molecule has 78 valence electrons. The molecule has 0 aliphatic heterocycles. The molecule has 0 unspecified atom stereocenters. The summed E-state index contributed by atoms with van der Waals surface area (Å²) in [7, 11) is 0. The Morgan fingerprint density at radius 1 is 1.40 bits per heavy atom. The second-order valence-corrected chi connectivity index (χ2v) is 4.62. The lowest BCUT2D eigenvalue weighted by Crippen LogP contribution is -2.04. The number of nitrogens with zero attached hydrogens (tertiary/aromatic N) is 3. The van der Waals surface area contributed by atoms with Gasteiger partial charge < -0.3 is 5.32 Å². The average molecular weight is 285 g/mol. The lowest BCUT2D eigenvalue weighted by molar-refractivity contribution is 0.941. The van der Waals surface area contributed by atoms with Crippen molar-refractivity contribution in [1.29, 1.82) is 0 Å². The maximum absolute atomic E-state index is 3.80. The van der Waals surface area contributed by atoms with Crippen molar-refractivity contribution in [2.75, 3.05) is 11.9 Å². The largest absolute Gasteiger partial charge is 0.359 e. The van der Waals surface area contributed by atoms with Crippen LogP contribution in [0.2, 0.25) is 0 Å². The summed E-state index contributed by atoms with van der Waals surface area (Å²) < 4.78 is 4.78. The molecule has 1 aromatic heterocycles. The highest BCUT2D eigenvalue weighted by Gasteiger charge is 1.97. The maximum Gasteiger partial charge on any atom is 0.225 e. The third-order valence-electron chi connectivity index (χ3n) is 1.88. The van der Waals surface area contributed by atoms with E-state index >= 15 is 0 Å². The fraction of sp³-hybridized carbons (Fsp3) is 0.222. The quantitative estimate of drug-likeness (QED) is 0.937. The summed E-state index contributed by atoms with van der Waals surface area (Å²) in [6.45, 7) is 0.841. The second kappa shape index (κ2) is 5.18. The maximum atomic E-state index is 3.80. The van der Waals surface area contributed by atoms with Gasteiger partial charge in [-0.3, -0.25) is 0 Å². The average Bonchev–Trinajstić information content (AvgIpc) is 2.71. The molecular weight excluding hydrogens is 276 g/mol. The van der Waals surface area contributed by atoms with Crippen molar-refractivity contribution in [3.05, 3.63) is 34.3 Å². The molecule has 0 amide bonds. The lowest BCUT2D eigenvalue weighted by atomic mass is 10.1. The molecule has 0 spiro atoms. The van der Waals surface area contributed by atoms with Crippen LogP contribution >= 0.6 is 27.5 Å². The SMILES string of the molecule is Brc1cccc(CCNc2nnns2)c1. The highest BCUT2D eigenvalue weighted by Crippen LogP contribution is 2.12. The zero-order chi connectivity index (χ0) is 10.5. The predicted molar refractivity (Wildman–Crippen MR) is 64.0 cm³/mol. The molecule has 0 fully saturated rings. The van der Waals surface area contributed by atoms with Gasteiger partial charge in [0.15, 0.2) is 0 Å². The standard InChI is InChI=1S/C9H9BrN4S/c10-8-3-1-2-7(6-8)4-5-11-9-12-13-14-15-9/h1-3,6H,4-5H2,(H,11,12,14).